The third-order valence-corrected chi connectivity index (χ3v) is 12.5. The van der Waals surface area contributed by atoms with Crippen molar-refractivity contribution >= 4 is 54.5 Å². The van der Waals surface area contributed by atoms with Crippen molar-refractivity contribution in [2.45, 2.75) is 72.6 Å². The molecule has 3 heterocycles. The first-order valence-corrected chi connectivity index (χ1v) is 22.7. The number of para-hydroxylation sites is 2. The van der Waals surface area contributed by atoms with E-state index in [9.17, 15) is 0 Å². The molecule has 0 unspecified atom stereocenters. The average molecular weight is 1040 g/mol. The molecule has 0 spiro atoms. The minimum atomic E-state index is 0. The average Bonchev–Trinajstić information content (AvgIpc) is 3.89. The number of imidazole rings is 1. The zero-order valence-corrected chi connectivity index (χ0v) is 41.1. The Labute approximate surface area is 400 Å². The quantitative estimate of drug-likeness (QED) is 0.123. The van der Waals surface area contributed by atoms with Crippen molar-refractivity contribution in [1.29, 1.82) is 0 Å². The maximum Gasteiger partial charge on any atom is 0.121 e. The molecule has 0 saturated heterocycles. The third-order valence-electron chi connectivity index (χ3n) is 12.5. The number of fused-ring (bicyclic) bond motifs is 7. The van der Waals surface area contributed by atoms with E-state index in [4.69, 9.17) is 9.40 Å². The number of furan rings is 1. The summed E-state index contributed by atoms with van der Waals surface area (Å²) in [5.74, 6) is 2.15. The molecule has 0 bridgehead atoms. The van der Waals surface area contributed by atoms with Crippen molar-refractivity contribution in [2.24, 2.45) is 0 Å². The van der Waals surface area contributed by atoms with Gasteiger partial charge in [0.1, 0.15) is 5.58 Å². The molecule has 1 radical (unpaired) electrons. The molecule has 0 aliphatic carbocycles. The maximum atomic E-state index is 6.83. The van der Waals surface area contributed by atoms with Crippen molar-refractivity contribution in [1.82, 2.24) is 19.5 Å². The predicted molar refractivity (Wildman–Crippen MR) is 271 cm³/mol. The van der Waals surface area contributed by atoms with Gasteiger partial charge in [-0.05, 0) is 105 Å². The van der Waals surface area contributed by atoms with Gasteiger partial charge in [0.05, 0.1) is 28.3 Å². The van der Waals surface area contributed by atoms with E-state index in [1.807, 2.05) is 36.5 Å². The molecule has 0 amide bonds. The van der Waals surface area contributed by atoms with E-state index in [2.05, 4.69) is 203 Å². The molecule has 3 aromatic heterocycles. The summed E-state index contributed by atoms with van der Waals surface area (Å²) in [6, 6.07) is 60.0. The fourth-order valence-corrected chi connectivity index (χ4v) is 9.31. The van der Waals surface area contributed by atoms with Crippen LogP contribution in [0.5, 0.6) is 0 Å². The Morgan fingerprint density at radius 3 is 2.03 bits per heavy atom. The van der Waals surface area contributed by atoms with E-state index < -0.39 is 0 Å². The number of benzene rings is 8. The summed E-state index contributed by atoms with van der Waals surface area (Å²) in [4.78, 5) is 14.4. The first kappa shape index (κ1) is 44.5. The molecule has 11 rings (SSSR count). The van der Waals surface area contributed by atoms with Crippen LogP contribution in [0.3, 0.4) is 0 Å². The van der Waals surface area contributed by atoms with E-state index in [1.165, 1.54) is 49.5 Å². The standard InChI is InChI=1S/C45H35N2O.C15H17N2.Ir/c1-27(2)36-24-32(29-13-6-5-7-14-29)25-37(28(3)4)43(36)47-41-20-11-10-19-40(41)46-45(47)35-18-12-17-34-39-23-31-22-21-30-15-8-9-16-33(30)38(31)26-42(39)48-44(34)35;1-11-10-16-14(12-8-6-5-7-9-12)17-13(11)15(2,3)4;/h5-17,19-28H,1-4H3;5-8,10H,1-4H3;/q2*-1;. The number of aromatic nitrogens is 4. The number of rotatable bonds is 6. The second-order valence-corrected chi connectivity index (χ2v) is 18.7. The van der Waals surface area contributed by atoms with Crippen molar-refractivity contribution < 1.29 is 24.5 Å². The van der Waals surface area contributed by atoms with Crippen molar-refractivity contribution in [3.05, 3.63) is 192 Å². The Kier molecular flexibility index (Phi) is 12.1. The van der Waals surface area contributed by atoms with Gasteiger partial charge in [0.25, 0.3) is 0 Å². The first-order chi connectivity index (χ1) is 31.4. The van der Waals surface area contributed by atoms with Crippen LogP contribution in [0.25, 0.3) is 94.1 Å². The normalized spacial score (nSPS) is 11.8. The smallest absolute Gasteiger partial charge is 0.121 e. The Hall–Kier alpha value is -6.72. The second kappa shape index (κ2) is 17.9. The molecule has 0 saturated carbocycles. The summed E-state index contributed by atoms with van der Waals surface area (Å²) in [5, 5.41) is 7.02. The van der Waals surface area contributed by atoms with Gasteiger partial charge in [-0.15, -0.1) is 54.1 Å². The Morgan fingerprint density at radius 2 is 1.30 bits per heavy atom. The van der Waals surface area contributed by atoms with Gasteiger partial charge in [-0.2, -0.15) is 0 Å². The maximum absolute atomic E-state index is 6.83. The summed E-state index contributed by atoms with van der Waals surface area (Å²) in [6.45, 7) is 17.7. The zero-order valence-electron chi connectivity index (χ0n) is 38.7. The summed E-state index contributed by atoms with van der Waals surface area (Å²) in [6.07, 6.45) is 1.89. The third kappa shape index (κ3) is 8.14. The van der Waals surface area contributed by atoms with Crippen molar-refractivity contribution in [3.63, 3.8) is 0 Å². The fraction of sp³-hybridized carbons (Fsp3) is 0.183. The van der Waals surface area contributed by atoms with Crippen LogP contribution in [0.15, 0.2) is 162 Å². The van der Waals surface area contributed by atoms with Crippen LogP contribution in [0.4, 0.5) is 0 Å². The number of hydrogen-bond donors (Lipinski definition) is 0. The molecular weight excluding hydrogens is 985 g/mol. The topological polar surface area (TPSA) is 56.7 Å². The molecular formula is C60H52IrN4O-2. The molecule has 329 valence electrons. The second-order valence-electron chi connectivity index (χ2n) is 18.7. The monoisotopic (exact) mass is 1040 g/mol. The van der Waals surface area contributed by atoms with E-state index in [1.54, 1.807) is 0 Å². The molecule has 8 aromatic carbocycles. The molecule has 0 atom stereocenters. The van der Waals surface area contributed by atoms with Gasteiger partial charge in [-0.1, -0.05) is 138 Å². The molecule has 0 fully saturated rings. The van der Waals surface area contributed by atoms with Gasteiger partial charge in [0, 0.05) is 48.5 Å². The van der Waals surface area contributed by atoms with Crippen LogP contribution in [0.2, 0.25) is 0 Å². The molecule has 11 aromatic rings. The van der Waals surface area contributed by atoms with Crippen LogP contribution in [0.1, 0.15) is 82.7 Å². The molecule has 0 aliphatic heterocycles. The summed E-state index contributed by atoms with van der Waals surface area (Å²) >= 11 is 0. The van der Waals surface area contributed by atoms with Gasteiger partial charge < -0.3 is 8.98 Å². The fourth-order valence-electron chi connectivity index (χ4n) is 9.31. The Morgan fingerprint density at radius 1 is 0.606 bits per heavy atom. The zero-order chi connectivity index (χ0) is 45.0. The minimum absolute atomic E-state index is 0. The Bertz CT molecular complexity index is 3510. The molecule has 0 aliphatic rings. The van der Waals surface area contributed by atoms with Crippen LogP contribution in [0, 0.1) is 19.1 Å². The van der Waals surface area contributed by atoms with Crippen molar-refractivity contribution in [2.75, 3.05) is 0 Å². The first-order valence-electron chi connectivity index (χ1n) is 22.7. The van der Waals surface area contributed by atoms with E-state index >= 15 is 0 Å². The largest absolute Gasteiger partial charge is 0.501 e. The number of aryl methyl sites for hydroxylation is 1. The summed E-state index contributed by atoms with van der Waals surface area (Å²) in [5.41, 5.74) is 14.0. The van der Waals surface area contributed by atoms with Crippen LogP contribution in [-0.2, 0) is 25.5 Å². The summed E-state index contributed by atoms with van der Waals surface area (Å²) in [7, 11) is 0. The molecule has 66 heavy (non-hydrogen) atoms. The minimum Gasteiger partial charge on any atom is -0.501 e. The van der Waals surface area contributed by atoms with E-state index in [0.29, 0.717) is 0 Å². The van der Waals surface area contributed by atoms with Gasteiger partial charge in [-0.3, -0.25) is 15.0 Å². The van der Waals surface area contributed by atoms with E-state index in [0.717, 1.165) is 67.0 Å². The molecule has 6 heteroatoms. The number of nitrogens with zero attached hydrogens (tertiary/aromatic N) is 4. The van der Waals surface area contributed by atoms with Crippen molar-refractivity contribution in [3.8, 4) is 39.6 Å². The SMILES string of the molecule is CC(C)c1cc(-c2ccccc2)cc(C(C)C)c1-n1c(-c2[c-]ccc3c2oc2cc4c(ccc5ccccc54)cc23)nc2ccccc21.Cc1cnc(-c2[c-]cccc2)nc1C(C)(C)C.[Ir]. The number of hydrogen-bond acceptors (Lipinski definition) is 4. The Balaban J connectivity index is 0.000000257. The van der Waals surface area contributed by atoms with Gasteiger partial charge in [0.15, 0.2) is 0 Å². The van der Waals surface area contributed by atoms with Gasteiger partial charge in [0.2, 0.25) is 0 Å². The predicted octanol–water partition coefficient (Wildman–Crippen LogP) is 16.2. The van der Waals surface area contributed by atoms with Crippen LogP contribution < -0.4 is 0 Å². The van der Waals surface area contributed by atoms with E-state index in [-0.39, 0.29) is 37.4 Å². The molecule has 0 N–H and O–H groups in total. The van der Waals surface area contributed by atoms with Crippen LogP contribution >= 0.6 is 0 Å². The van der Waals surface area contributed by atoms with Crippen LogP contribution in [-0.4, -0.2) is 19.5 Å². The van der Waals surface area contributed by atoms with Gasteiger partial charge >= 0.3 is 0 Å². The summed E-state index contributed by atoms with van der Waals surface area (Å²) < 4.78 is 9.20. The molecule has 5 nitrogen and oxygen atoms in total. The van der Waals surface area contributed by atoms with Gasteiger partial charge in [-0.25, -0.2) is 0 Å².